The lowest BCUT2D eigenvalue weighted by molar-refractivity contribution is 0.0943. The maximum Gasteiger partial charge on any atom is 0.273 e. The first kappa shape index (κ1) is 18.6. The van der Waals surface area contributed by atoms with Gasteiger partial charge in [-0.25, -0.2) is 8.78 Å². The molecule has 0 saturated heterocycles. The number of carbonyl (C=O) groups excluding carboxylic acids is 1. The van der Waals surface area contributed by atoms with Crippen LogP contribution in [0.25, 0.3) is 0 Å². The molecule has 1 N–H and O–H groups in total. The summed E-state index contributed by atoms with van der Waals surface area (Å²) in [4.78, 5) is 12.4. The third kappa shape index (κ3) is 4.69. The van der Waals surface area contributed by atoms with Crippen LogP contribution in [-0.4, -0.2) is 17.6 Å². The first-order valence-electron chi connectivity index (χ1n) is 8.39. The van der Waals surface area contributed by atoms with E-state index in [1.54, 1.807) is 6.92 Å². The van der Waals surface area contributed by atoms with E-state index in [0.717, 1.165) is 17.7 Å². The number of hydrogen-bond donors (Lipinski definition) is 1. The number of ether oxygens (including phenoxy) is 1. The molecule has 0 fully saturated rings. The molecule has 1 aromatic heterocycles. The van der Waals surface area contributed by atoms with Crippen LogP contribution in [0.1, 0.15) is 27.4 Å². The van der Waals surface area contributed by atoms with E-state index >= 15 is 0 Å². The fraction of sp³-hybridized carbons (Fsp3) is 0.200. The molecular formula is C20H18F2N2O3. The number of aromatic nitrogens is 1. The normalized spacial score (nSPS) is 10.6. The number of carbonyl (C=O) groups is 1. The number of hydrogen-bond acceptors (Lipinski definition) is 4. The van der Waals surface area contributed by atoms with Crippen molar-refractivity contribution in [2.75, 3.05) is 6.54 Å². The summed E-state index contributed by atoms with van der Waals surface area (Å²) >= 11 is 0. The van der Waals surface area contributed by atoms with Gasteiger partial charge >= 0.3 is 0 Å². The Morgan fingerprint density at radius 3 is 2.70 bits per heavy atom. The molecular weight excluding hydrogens is 354 g/mol. The number of halogens is 2. The van der Waals surface area contributed by atoms with Crippen LogP contribution in [0.2, 0.25) is 0 Å². The Morgan fingerprint density at radius 2 is 1.96 bits per heavy atom. The number of amides is 1. The average molecular weight is 372 g/mol. The van der Waals surface area contributed by atoms with E-state index in [9.17, 15) is 13.6 Å². The Bertz CT molecular complexity index is 926. The molecule has 0 spiro atoms. The number of nitrogens with zero attached hydrogens (tertiary/aromatic N) is 1. The highest BCUT2D eigenvalue weighted by Crippen LogP contribution is 2.21. The highest BCUT2D eigenvalue weighted by molar-refractivity contribution is 5.93. The molecule has 0 aliphatic carbocycles. The van der Waals surface area contributed by atoms with Gasteiger partial charge in [0.2, 0.25) is 0 Å². The van der Waals surface area contributed by atoms with Crippen molar-refractivity contribution in [2.45, 2.75) is 20.0 Å². The standard InChI is InChI=1S/C20H18F2N2O3/c1-13-16(12-26-18-8-7-15(21)11-17(18)22)19(24-27-13)20(25)23-10-9-14-5-3-2-4-6-14/h2-8,11H,9-10,12H2,1H3,(H,23,25). The van der Waals surface area contributed by atoms with Crippen LogP contribution in [-0.2, 0) is 13.0 Å². The topological polar surface area (TPSA) is 64.4 Å². The molecule has 7 heteroatoms. The zero-order valence-corrected chi connectivity index (χ0v) is 14.7. The van der Waals surface area contributed by atoms with E-state index in [4.69, 9.17) is 9.26 Å². The lowest BCUT2D eigenvalue weighted by Crippen LogP contribution is -2.27. The Kier molecular flexibility index (Phi) is 5.80. The fourth-order valence-electron chi connectivity index (χ4n) is 2.53. The van der Waals surface area contributed by atoms with Crippen molar-refractivity contribution in [3.05, 3.63) is 82.7 Å². The lowest BCUT2D eigenvalue weighted by Gasteiger charge is -2.08. The molecule has 0 bridgehead atoms. The van der Waals surface area contributed by atoms with Crippen LogP contribution in [0.5, 0.6) is 5.75 Å². The Labute approximate surface area is 154 Å². The lowest BCUT2D eigenvalue weighted by atomic mass is 10.1. The average Bonchev–Trinajstić information content (AvgIpc) is 3.02. The Balaban J connectivity index is 1.62. The number of benzene rings is 2. The highest BCUT2D eigenvalue weighted by Gasteiger charge is 2.20. The van der Waals surface area contributed by atoms with E-state index in [1.807, 2.05) is 30.3 Å². The zero-order valence-electron chi connectivity index (χ0n) is 14.7. The quantitative estimate of drug-likeness (QED) is 0.685. The van der Waals surface area contributed by atoms with E-state index in [0.29, 0.717) is 24.3 Å². The van der Waals surface area contributed by atoms with Gasteiger partial charge in [-0.05, 0) is 31.0 Å². The highest BCUT2D eigenvalue weighted by atomic mass is 19.1. The minimum absolute atomic E-state index is 0.0862. The third-order valence-corrected chi connectivity index (χ3v) is 4.01. The second kappa shape index (κ2) is 8.44. The molecule has 1 heterocycles. The summed E-state index contributed by atoms with van der Waals surface area (Å²) < 4.78 is 37.1. The summed E-state index contributed by atoms with van der Waals surface area (Å²) in [6.07, 6.45) is 0.677. The van der Waals surface area contributed by atoms with Crippen LogP contribution in [0.15, 0.2) is 53.1 Å². The molecule has 27 heavy (non-hydrogen) atoms. The van der Waals surface area contributed by atoms with Crippen LogP contribution >= 0.6 is 0 Å². The summed E-state index contributed by atoms with van der Waals surface area (Å²) in [7, 11) is 0. The van der Waals surface area contributed by atoms with Crippen molar-refractivity contribution in [3.63, 3.8) is 0 Å². The minimum atomic E-state index is -0.821. The van der Waals surface area contributed by atoms with Gasteiger partial charge in [0.25, 0.3) is 5.91 Å². The Morgan fingerprint density at radius 1 is 1.19 bits per heavy atom. The largest absolute Gasteiger partial charge is 0.486 e. The summed E-state index contributed by atoms with van der Waals surface area (Å²) in [6.45, 7) is 1.94. The molecule has 1 amide bonds. The van der Waals surface area contributed by atoms with Crippen LogP contribution < -0.4 is 10.1 Å². The van der Waals surface area contributed by atoms with Crippen molar-refractivity contribution in [2.24, 2.45) is 0 Å². The van der Waals surface area contributed by atoms with Crippen molar-refractivity contribution in [1.29, 1.82) is 0 Å². The molecule has 0 unspecified atom stereocenters. The van der Waals surface area contributed by atoms with Crippen molar-refractivity contribution in [1.82, 2.24) is 10.5 Å². The molecule has 0 atom stereocenters. The predicted octanol–water partition coefficient (Wildman–Crippen LogP) is 3.81. The van der Waals surface area contributed by atoms with Crippen LogP contribution in [0.3, 0.4) is 0 Å². The molecule has 3 rings (SSSR count). The molecule has 0 aliphatic heterocycles. The summed E-state index contributed by atoms with van der Waals surface area (Å²) in [5.74, 6) is -1.64. The van der Waals surface area contributed by atoms with Crippen molar-refractivity contribution >= 4 is 5.91 Å². The molecule has 0 aliphatic rings. The second-order valence-corrected chi connectivity index (χ2v) is 5.92. The van der Waals surface area contributed by atoms with E-state index < -0.39 is 17.5 Å². The number of aryl methyl sites for hydroxylation is 1. The molecule has 140 valence electrons. The first-order chi connectivity index (χ1) is 13.0. The minimum Gasteiger partial charge on any atom is -0.486 e. The van der Waals surface area contributed by atoms with Gasteiger partial charge in [-0.3, -0.25) is 4.79 Å². The summed E-state index contributed by atoms with van der Waals surface area (Å²) in [5, 5.41) is 6.55. The smallest absolute Gasteiger partial charge is 0.273 e. The summed E-state index contributed by atoms with van der Waals surface area (Å²) in [6, 6.07) is 12.8. The van der Waals surface area contributed by atoms with Gasteiger partial charge < -0.3 is 14.6 Å². The van der Waals surface area contributed by atoms with E-state index in [-0.39, 0.29) is 18.1 Å². The van der Waals surface area contributed by atoms with Gasteiger partial charge in [-0.2, -0.15) is 0 Å². The summed E-state index contributed by atoms with van der Waals surface area (Å²) in [5.41, 5.74) is 1.60. The fourth-order valence-corrected chi connectivity index (χ4v) is 2.53. The monoisotopic (exact) mass is 372 g/mol. The SMILES string of the molecule is Cc1onc(C(=O)NCCc2ccccc2)c1COc1ccc(F)cc1F. The maximum atomic E-state index is 13.7. The van der Waals surface area contributed by atoms with Crippen LogP contribution in [0.4, 0.5) is 8.78 Å². The third-order valence-electron chi connectivity index (χ3n) is 4.01. The van der Waals surface area contributed by atoms with E-state index in [2.05, 4.69) is 10.5 Å². The zero-order chi connectivity index (χ0) is 19.2. The maximum absolute atomic E-state index is 13.7. The van der Waals surface area contributed by atoms with E-state index in [1.165, 1.54) is 6.07 Å². The first-order valence-corrected chi connectivity index (χ1v) is 8.39. The molecule has 0 saturated carbocycles. The molecule has 0 radical (unpaired) electrons. The van der Waals surface area contributed by atoms with Gasteiger partial charge in [-0.15, -0.1) is 0 Å². The molecule has 2 aromatic carbocycles. The van der Waals surface area contributed by atoms with Gasteiger partial charge in [0.15, 0.2) is 17.3 Å². The molecule has 5 nitrogen and oxygen atoms in total. The van der Waals surface area contributed by atoms with Crippen molar-refractivity contribution in [3.8, 4) is 5.75 Å². The number of rotatable bonds is 7. The Hall–Kier alpha value is -3.22. The second-order valence-electron chi connectivity index (χ2n) is 5.92. The predicted molar refractivity (Wildman–Crippen MR) is 94.4 cm³/mol. The van der Waals surface area contributed by atoms with Gasteiger partial charge in [0.05, 0.1) is 5.56 Å². The van der Waals surface area contributed by atoms with Crippen LogP contribution in [0, 0.1) is 18.6 Å². The van der Waals surface area contributed by atoms with Crippen molar-refractivity contribution < 1.29 is 22.8 Å². The van der Waals surface area contributed by atoms with Gasteiger partial charge in [0.1, 0.15) is 18.2 Å². The molecule has 3 aromatic rings. The van der Waals surface area contributed by atoms with Gasteiger partial charge in [0, 0.05) is 12.6 Å². The van der Waals surface area contributed by atoms with Gasteiger partial charge in [-0.1, -0.05) is 35.5 Å². The number of nitrogens with one attached hydrogen (secondary N) is 1.